The zero-order chi connectivity index (χ0) is 16.9. The van der Waals surface area contributed by atoms with E-state index in [1.54, 1.807) is 11.8 Å². The predicted octanol–water partition coefficient (Wildman–Crippen LogP) is 2.18. The topological polar surface area (TPSA) is 85.2 Å². The van der Waals surface area contributed by atoms with Crippen LogP contribution in [0.1, 0.15) is 36.3 Å². The summed E-state index contributed by atoms with van der Waals surface area (Å²) in [5.41, 5.74) is -1.01. The molecule has 24 heavy (non-hydrogen) atoms. The van der Waals surface area contributed by atoms with E-state index in [-0.39, 0.29) is 17.6 Å². The van der Waals surface area contributed by atoms with Gasteiger partial charge in [0.05, 0.1) is 6.04 Å². The second-order valence-electron chi connectivity index (χ2n) is 5.49. The lowest BCUT2D eigenvalue weighted by Crippen LogP contribution is -2.27. The Bertz CT molecular complexity index is 887. The Morgan fingerprint density at radius 3 is 2.83 bits per heavy atom. The minimum atomic E-state index is -4.57. The van der Waals surface area contributed by atoms with Gasteiger partial charge in [-0.05, 0) is 12.8 Å². The molecule has 4 heterocycles. The van der Waals surface area contributed by atoms with Crippen molar-refractivity contribution in [3.05, 3.63) is 29.8 Å². The Labute approximate surface area is 133 Å². The van der Waals surface area contributed by atoms with Crippen molar-refractivity contribution >= 4 is 11.6 Å². The lowest BCUT2D eigenvalue weighted by molar-refractivity contribution is -0.141. The van der Waals surface area contributed by atoms with Crippen molar-refractivity contribution in [2.24, 2.45) is 0 Å². The van der Waals surface area contributed by atoms with Crippen LogP contribution in [0.4, 0.5) is 19.0 Å². The molecule has 0 radical (unpaired) electrons. The summed E-state index contributed by atoms with van der Waals surface area (Å²) in [4.78, 5) is 13.3. The molecule has 4 rings (SSSR count). The summed E-state index contributed by atoms with van der Waals surface area (Å²) >= 11 is 0. The molecule has 1 saturated heterocycles. The van der Waals surface area contributed by atoms with Crippen LogP contribution >= 0.6 is 0 Å². The minimum absolute atomic E-state index is 0.102. The molecule has 8 nitrogen and oxygen atoms in total. The normalized spacial score (nSPS) is 18.7. The zero-order valence-electron chi connectivity index (χ0n) is 12.5. The molecule has 0 N–H and O–H groups in total. The summed E-state index contributed by atoms with van der Waals surface area (Å²) in [6, 6.07) is 0.700. The van der Waals surface area contributed by atoms with Crippen LogP contribution in [0, 0.1) is 6.92 Å². The number of hydrogen-bond donors (Lipinski definition) is 0. The third kappa shape index (κ3) is 2.36. The van der Waals surface area contributed by atoms with Crippen molar-refractivity contribution in [3.8, 4) is 0 Å². The van der Waals surface area contributed by atoms with E-state index in [4.69, 9.17) is 4.52 Å². The molecule has 0 aliphatic carbocycles. The SMILES string of the molecule is Cc1nc(C2CCCN2c2cc(C(F)(F)F)nc3ncnn23)no1. The number of alkyl halides is 3. The van der Waals surface area contributed by atoms with Crippen molar-refractivity contribution in [3.63, 3.8) is 0 Å². The summed E-state index contributed by atoms with van der Waals surface area (Å²) in [6.45, 7) is 2.22. The number of halogens is 3. The van der Waals surface area contributed by atoms with Gasteiger partial charge in [0.2, 0.25) is 5.89 Å². The molecule has 0 bridgehead atoms. The van der Waals surface area contributed by atoms with Crippen LogP contribution in [0.25, 0.3) is 5.78 Å². The highest BCUT2D eigenvalue weighted by Gasteiger charge is 2.37. The highest BCUT2D eigenvalue weighted by atomic mass is 19.4. The van der Waals surface area contributed by atoms with Crippen molar-refractivity contribution in [1.82, 2.24) is 29.7 Å². The fraction of sp³-hybridized carbons (Fsp3) is 0.462. The monoisotopic (exact) mass is 339 g/mol. The van der Waals surface area contributed by atoms with Gasteiger partial charge in [-0.15, -0.1) is 0 Å². The molecule has 126 valence electrons. The maximum atomic E-state index is 13.1. The average Bonchev–Trinajstić information content (AvgIpc) is 3.24. The molecule has 1 atom stereocenters. The molecule has 0 saturated carbocycles. The predicted molar refractivity (Wildman–Crippen MR) is 74.1 cm³/mol. The molecule has 3 aromatic heterocycles. The van der Waals surface area contributed by atoms with Gasteiger partial charge in [0.15, 0.2) is 11.5 Å². The van der Waals surface area contributed by atoms with E-state index in [2.05, 4.69) is 25.2 Å². The van der Waals surface area contributed by atoms with Gasteiger partial charge < -0.3 is 9.42 Å². The Morgan fingerprint density at radius 1 is 1.29 bits per heavy atom. The zero-order valence-corrected chi connectivity index (χ0v) is 12.5. The molecule has 1 unspecified atom stereocenters. The van der Waals surface area contributed by atoms with Crippen LogP contribution in [0.5, 0.6) is 0 Å². The minimum Gasteiger partial charge on any atom is -0.346 e. The number of aryl methyl sites for hydroxylation is 1. The number of anilines is 1. The maximum absolute atomic E-state index is 13.1. The number of fused-ring (bicyclic) bond motifs is 1. The molecule has 1 fully saturated rings. The van der Waals surface area contributed by atoms with E-state index in [1.165, 1.54) is 10.8 Å². The van der Waals surface area contributed by atoms with Gasteiger partial charge in [0.1, 0.15) is 12.1 Å². The molecule has 3 aromatic rings. The summed E-state index contributed by atoms with van der Waals surface area (Å²) in [5.74, 6) is 1.02. The lowest BCUT2D eigenvalue weighted by atomic mass is 10.2. The standard InChI is InChI=1S/C13H12F3N7O/c1-7-19-11(21-24-7)8-3-2-4-22(8)10-5-9(13(14,15)16)20-12-17-6-18-23(10)12/h5-6,8H,2-4H2,1H3. The first-order valence-electron chi connectivity index (χ1n) is 7.28. The largest absolute Gasteiger partial charge is 0.433 e. The maximum Gasteiger partial charge on any atom is 0.433 e. The first-order valence-corrected chi connectivity index (χ1v) is 7.28. The summed E-state index contributed by atoms with van der Waals surface area (Å²) < 4.78 is 45.7. The Kier molecular flexibility index (Phi) is 3.18. The number of hydrogen-bond acceptors (Lipinski definition) is 7. The highest BCUT2D eigenvalue weighted by molar-refractivity contribution is 5.50. The quantitative estimate of drug-likeness (QED) is 0.707. The third-order valence-corrected chi connectivity index (χ3v) is 3.91. The lowest BCUT2D eigenvalue weighted by Gasteiger charge is -2.25. The number of aromatic nitrogens is 6. The first-order chi connectivity index (χ1) is 11.4. The molecule has 0 spiro atoms. The molecular formula is C13H12F3N7O. The second-order valence-corrected chi connectivity index (χ2v) is 5.49. The molecule has 0 aromatic carbocycles. The first kappa shape index (κ1) is 14.8. The van der Waals surface area contributed by atoms with Crippen molar-refractivity contribution in [2.75, 3.05) is 11.4 Å². The third-order valence-electron chi connectivity index (χ3n) is 3.91. The summed E-state index contributed by atoms with van der Waals surface area (Å²) in [5, 5.41) is 7.89. The van der Waals surface area contributed by atoms with Crippen molar-refractivity contribution in [2.45, 2.75) is 32.0 Å². The van der Waals surface area contributed by atoms with Gasteiger partial charge in [-0.1, -0.05) is 5.16 Å². The average molecular weight is 339 g/mol. The Hall–Kier alpha value is -2.72. The summed E-state index contributed by atoms with van der Waals surface area (Å²) in [7, 11) is 0. The van der Waals surface area contributed by atoms with E-state index in [0.29, 0.717) is 24.7 Å². The second kappa shape index (κ2) is 5.14. The molecule has 11 heteroatoms. The van der Waals surface area contributed by atoms with Crippen molar-refractivity contribution < 1.29 is 17.7 Å². The van der Waals surface area contributed by atoms with Gasteiger partial charge in [-0.3, -0.25) is 0 Å². The van der Waals surface area contributed by atoms with Crippen LogP contribution in [-0.4, -0.2) is 36.3 Å². The number of nitrogens with zero attached hydrogens (tertiary/aromatic N) is 7. The van der Waals surface area contributed by atoms with Gasteiger partial charge in [-0.2, -0.15) is 32.8 Å². The van der Waals surface area contributed by atoms with Crippen LogP contribution < -0.4 is 4.90 Å². The van der Waals surface area contributed by atoms with Gasteiger partial charge >= 0.3 is 6.18 Å². The Morgan fingerprint density at radius 2 is 2.12 bits per heavy atom. The van der Waals surface area contributed by atoms with Gasteiger partial charge in [0.25, 0.3) is 5.78 Å². The van der Waals surface area contributed by atoms with Crippen LogP contribution in [0.3, 0.4) is 0 Å². The van der Waals surface area contributed by atoms with Crippen molar-refractivity contribution in [1.29, 1.82) is 0 Å². The smallest absolute Gasteiger partial charge is 0.346 e. The molecule has 0 amide bonds. The van der Waals surface area contributed by atoms with Crippen LogP contribution in [0.2, 0.25) is 0 Å². The van der Waals surface area contributed by atoms with E-state index in [1.807, 2.05) is 0 Å². The highest BCUT2D eigenvalue weighted by Crippen LogP contribution is 2.37. The van der Waals surface area contributed by atoms with E-state index in [0.717, 1.165) is 12.5 Å². The van der Waals surface area contributed by atoms with E-state index >= 15 is 0 Å². The van der Waals surface area contributed by atoms with Crippen LogP contribution in [0.15, 0.2) is 16.9 Å². The molecule has 1 aliphatic heterocycles. The summed E-state index contributed by atoms with van der Waals surface area (Å²) in [6.07, 6.45) is -1.90. The van der Waals surface area contributed by atoms with Gasteiger partial charge in [0, 0.05) is 19.5 Å². The fourth-order valence-corrected chi connectivity index (χ4v) is 2.91. The fourth-order valence-electron chi connectivity index (χ4n) is 2.91. The molecule has 1 aliphatic rings. The molecular weight excluding hydrogens is 327 g/mol. The van der Waals surface area contributed by atoms with Crippen LogP contribution in [-0.2, 0) is 6.18 Å². The van der Waals surface area contributed by atoms with Gasteiger partial charge in [-0.25, -0.2) is 4.98 Å². The number of rotatable bonds is 2. The van der Waals surface area contributed by atoms with E-state index in [9.17, 15) is 13.2 Å². The Balaban J connectivity index is 1.84. The van der Waals surface area contributed by atoms with E-state index < -0.39 is 11.9 Å².